The number of thiophene rings is 1. The molecule has 0 atom stereocenters. The van der Waals surface area contributed by atoms with Gasteiger partial charge in [0.25, 0.3) is 6.71 Å². The Morgan fingerprint density at radius 3 is 1.80 bits per heavy atom. The first-order valence-corrected chi connectivity index (χ1v) is 19.2. The minimum atomic E-state index is 0.0193. The van der Waals surface area contributed by atoms with Gasteiger partial charge < -0.3 is 18.6 Å². The van der Waals surface area contributed by atoms with E-state index in [-0.39, 0.29) is 6.71 Å². The summed E-state index contributed by atoms with van der Waals surface area (Å²) in [5.74, 6) is 3.48. The van der Waals surface area contributed by atoms with Crippen molar-refractivity contribution in [3.05, 3.63) is 164 Å². The third-order valence-electron chi connectivity index (χ3n) is 11.6. The number of para-hydroxylation sites is 4. The molecule has 0 amide bonds. The molecule has 4 nitrogen and oxygen atoms in total. The number of rotatable bonds is 2. The first-order chi connectivity index (χ1) is 26.8. The van der Waals surface area contributed by atoms with Crippen molar-refractivity contribution in [2.75, 3.05) is 0 Å². The molecule has 6 heteroatoms. The van der Waals surface area contributed by atoms with Crippen LogP contribution in [0.2, 0.25) is 0 Å². The molecule has 2 aliphatic rings. The average Bonchev–Trinajstić information content (AvgIpc) is 3.89. The Labute approximate surface area is 313 Å². The van der Waals surface area contributed by atoms with Crippen LogP contribution in [0.4, 0.5) is 0 Å². The van der Waals surface area contributed by atoms with Gasteiger partial charge in [-0.15, -0.1) is 11.3 Å². The van der Waals surface area contributed by atoms with Crippen LogP contribution in [-0.4, -0.2) is 15.8 Å². The SMILES string of the molecule is c1ccc(-n2c3ccccc3c3c4c(c5ccccc5n4-c4ccc5c(c4)Oc4cccc6c4B5c4ccccc4O6)c4sc5ccccc5c4c32)cc1. The van der Waals surface area contributed by atoms with Gasteiger partial charge in [-0.2, -0.15) is 0 Å². The van der Waals surface area contributed by atoms with Gasteiger partial charge in [0.05, 0.1) is 22.1 Å². The fraction of sp³-hybridized carbons (Fsp3) is 0. The normalized spacial score (nSPS) is 13.1. The highest BCUT2D eigenvalue weighted by Gasteiger charge is 2.40. The van der Waals surface area contributed by atoms with Crippen LogP contribution in [0.3, 0.4) is 0 Å². The van der Waals surface area contributed by atoms with Crippen LogP contribution >= 0.6 is 11.3 Å². The smallest absolute Gasteiger partial charge is 0.260 e. The van der Waals surface area contributed by atoms with Crippen molar-refractivity contribution < 1.29 is 9.47 Å². The van der Waals surface area contributed by atoms with Crippen molar-refractivity contribution in [3.8, 4) is 34.4 Å². The van der Waals surface area contributed by atoms with Gasteiger partial charge in [-0.25, -0.2) is 0 Å². The predicted molar refractivity (Wildman–Crippen MR) is 226 cm³/mol. The molecule has 3 aromatic heterocycles. The Hall–Kier alpha value is -6.76. The molecule has 5 heterocycles. The van der Waals surface area contributed by atoms with Gasteiger partial charge in [-0.1, -0.05) is 103 Å². The molecule has 8 aromatic carbocycles. The van der Waals surface area contributed by atoms with Gasteiger partial charge >= 0.3 is 0 Å². The summed E-state index contributed by atoms with van der Waals surface area (Å²) in [7, 11) is 0. The van der Waals surface area contributed by atoms with E-state index in [4.69, 9.17) is 9.47 Å². The van der Waals surface area contributed by atoms with E-state index in [9.17, 15) is 0 Å². The minimum Gasteiger partial charge on any atom is -0.458 e. The Morgan fingerprint density at radius 1 is 0.426 bits per heavy atom. The molecule has 0 bridgehead atoms. The van der Waals surface area contributed by atoms with Gasteiger partial charge in [0, 0.05) is 64.6 Å². The number of ether oxygens (including phenoxy) is 2. The first-order valence-electron chi connectivity index (χ1n) is 18.4. The number of aromatic nitrogens is 2. The standard InChI is InChI=1S/C48H27BN2O2S/c1-2-13-28(14-3-1)50-35-19-8-4-15-30(35)42-46-43(48-44(47(42)50)32-17-6-11-24-41(32)54-48)31-16-5-9-20-36(31)51(46)29-25-26-34-40(27-29)53-39-23-12-22-38-45(39)49(34)33-18-7-10-21-37(33)52-38/h1-27H. The van der Waals surface area contributed by atoms with Crippen LogP contribution in [0.5, 0.6) is 23.0 Å². The summed E-state index contributed by atoms with van der Waals surface area (Å²) >= 11 is 1.90. The van der Waals surface area contributed by atoms with E-state index in [2.05, 4.69) is 161 Å². The molecule has 0 N–H and O–H groups in total. The van der Waals surface area contributed by atoms with E-state index < -0.39 is 0 Å². The summed E-state index contributed by atoms with van der Waals surface area (Å²) in [6.45, 7) is 0.0193. The van der Waals surface area contributed by atoms with Gasteiger partial charge in [-0.3, -0.25) is 0 Å². The molecular weight excluding hydrogens is 679 g/mol. The van der Waals surface area contributed by atoms with Crippen molar-refractivity contribution >= 4 is 98.2 Å². The van der Waals surface area contributed by atoms with E-state index in [0.29, 0.717) is 0 Å². The van der Waals surface area contributed by atoms with Crippen LogP contribution in [0.1, 0.15) is 0 Å². The van der Waals surface area contributed by atoms with Crippen LogP contribution in [0, 0.1) is 0 Å². The van der Waals surface area contributed by atoms with Crippen molar-refractivity contribution in [2.45, 2.75) is 0 Å². The largest absolute Gasteiger partial charge is 0.458 e. The summed E-state index contributed by atoms with van der Waals surface area (Å²) in [4.78, 5) is 0. The zero-order chi connectivity index (χ0) is 35.1. The summed E-state index contributed by atoms with van der Waals surface area (Å²) in [5.41, 5.74) is 10.4. The monoisotopic (exact) mass is 706 g/mol. The molecule has 54 heavy (non-hydrogen) atoms. The van der Waals surface area contributed by atoms with Gasteiger partial charge in [0.2, 0.25) is 0 Å². The molecule has 0 radical (unpaired) electrons. The molecule has 0 saturated heterocycles. The Balaban J connectivity index is 1.20. The van der Waals surface area contributed by atoms with E-state index in [1.807, 2.05) is 23.5 Å². The maximum Gasteiger partial charge on any atom is 0.260 e. The Kier molecular flexibility index (Phi) is 5.56. The summed E-state index contributed by atoms with van der Waals surface area (Å²) < 4.78 is 20.8. The molecule has 11 aromatic rings. The van der Waals surface area contributed by atoms with E-state index in [1.54, 1.807) is 0 Å². The highest BCUT2D eigenvalue weighted by molar-refractivity contribution is 7.27. The summed E-state index contributed by atoms with van der Waals surface area (Å²) in [5, 5.41) is 7.62. The lowest BCUT2D eigenvalue weighted by Crippen LogP contribution is -2.57. The minimum absolute atomic E-state index is 0.0193. The maximum atomic E-state index is 6.84. The van der Waals surface area contributed by atoms with Crippen LogP contribution < -0.4 is 25.9 Å². The molecular formula is C48H27BN2O2S. The van der Waals surface area contributed by atoms with Crippen molar-refractivity contribution in [1.29, 1.82) is 0 Å². The average molecular weight is 707 g/mol. The number of benzene rings is 8. The molecule has 13 rings (SSSR count). The molecule has 0 aliphatic carbocycles. The molecule has 0 unspecified atom stereocenters. The fourth-order valence-corrected chi connectivity index (χ4v) is 10.8. The lowest BCUT2D eigenvalue weighted by atomic mass is 9.35. The highest BCUT2D eigenvalue weighted by Crippen LogP contribution is 2.51. The maximum absolute atomic E-state index is 6.84. The predicted octanol–water partition coefficient (Wildman–Crippen LogP) is 11.0. The zero-order valence-corrected chi connectivity index (χ0v) is 29.6. The number of nitrogens with zero attached hydrogens (tertiary/aromatic N) is 2. The second kappa shape index (κ2) is 10.4. The lowest BCUT2D eigenvalue weighted by Gasteiger charge is -2.33. The molecule has 0 spiro atoms. The second-order valence-corrected chi connectivity index (χ2v) is 15.4. The van der Waals surface area contributed by atoms with E-state index in [0.717, 1.165) is 50.8 Å². The Morgan fingerprint density at radius 2 is 1.00 bits per heavy atom. The van der Waals surface area contributed by atoms with Gasteiger partial charge in [0.1, 0.15) is 23.0 Å². The molecule has 2 aliphatic heterocycles. The quantitative estimate of drug-likeness (QED) is 0.167. The zero-order valence-electron chi connectivity index (χ0n) is 28.8. The van der Waals surface area contributed by atoms with Gasteiger partial charge in [0.15, 0.2) is 0 Å². The van der Waals surface area contributed by atoms with E-state index in [1.165, 1.54) is 63.8 Å². The third kappa shape index (κ3) is 3.63. The number of hydrogen-bond donors (Lipinski definition) is 0. The number of fused-ring (bicyclic) bond motifs is 16. The Bertz CT molecular complexity index is 3410. The van der Waals surface area contributed by atoms with Gasteiger partial charge in [-0.05, 0) is 65.5 Å². The lowest BCUT2D eigenvalue weighted by molar-refractivity contribution is 0.464. The van der Waals surface area contributed by atoms with Crippen molar-refractivity contribution in [1.82, 2.24) is 9.13 Å². The fourth-order valence-electron chi connectivity index (χ4n) is 9.50. The van der Waals surface area contributed by atoms with Crippen LogP contribution in [0.25, 0.3) is 75.2 Å². The van der Waals surface area contributed by atoms with Crippen molar-refractivity contribution in [2.24, 2.45) is 0 Å². The summed E-state index contributed by atoms with van der Waals surface area (Å²) in [6.07, 6.45) is 0. The summed E-state index contributed by atoms with van der Waals surface area (Å²) in [6, 6.07) is 58.9. The highest BCUT2D eigenvalue weighted by atomic mass is 32.1. The second-order valence-electron chi connectivity index (χ2n) is 14.4. The molecule has 0 saturated carbocycles. The van der Waals surface area contributed by atoms with Crippen molar-refractivity contribution in [3.63, 3.8) is 0 Å². The topological polar surface area (TPSA) is 28.3 Å². The third-order valence-corrected chi connectivity index (χ3v) is 12.8. The molecule has 250 valence electrons. The number of hydrogen-bond acceptors (Lipinski definition) is 3. The van der Waals surface area contributed by atoms with Crippen LogP contribution in [0.15, 0.2) is 164 Å². The first kappa shape index (κ1) is 28.8. The van der Waals surface area contributed by atoms with Crippen LogP contribution in [-0.2, 0) is 0 Å². The molecule has 0 fully saturated rings. The van der Waals surface area contributed by atoms with E-state index >= 15 is 0 Å².